The fourth-order valence-electron chi connectivity index (χ4n) is 2.32. The van der Waals surface area contributed by atoms with Crippen molar-refractivity contribution in [3.63, 3.8) is 0 Å². The largest absolute Gasteiger partial charge is 0.463 e. The summed E-state index contributed by atoms with van der Waals surface area (Å²) in [6.07, 6.45) is 3.40. The molecule has 0 unspecified atom stereocenters. The van der Waals surface area contributed by atoms with Crippen molar-refractivity contribution in [2.75, 3.05) is 20.3 Å². The maximum Gasteiger partial charge on any atom is 0.336 e. The number of ether oxygens (including phenoxy) is 2. The van der Waals surface area contributed by atoms with Crippen LogP contribution in [0.15, 0.2) is 41.1 Å². The Bertz CT molecular complexity index is 568. The van der Waals surface area contributed by atoms with Gasteiger partial charge >= 0.3 is 11.9 Å². The lowest BCUT2D eigenvalue weighted by Gasteiger charge is -2.27. The van der Waals surface area contributed by atoms with Crippen LogP contribution in [-0.4, -0.2) is 37.1 Å². The number of nitrogens with zero attached hydrogens (tertiary/aromatic N) is 1. The highest BCUT2D eigenvalue weighted by Gasteiger charge is 2.35. The number of carbonyl (C=O) groups excluding carboxylic acids is 2. The van der Waals surface area contributed by atoms with Crippen LogP contribution in [0.4, 0.5) is 0 Å². The minimum absolute atomic E-state index is 0.287. The van der Waals surface area contributed by atoms with Gasteiger partial charge in [-0.05, 0) is 25.3 Å². The van der Waals surface area contributed by atoms with Crippen LogP contribution in [0, 0.1) is 0 Å². The highest BCUT2D eigenvalue weighted by Crippen LogP contribution is 2.38. The molecule has 0 atom stereocenters. The fraction of sp³-hybridized carbons (Fsp3) is 0.375. The van der Waals surface area contributed by atoms with Crippen LogP contribution >= 0.6 is 11.3 Å². The second-order valence-electron chi connectivity index (χ2n) is 4.72. The third-order valence-corrected chi connectivity index (χ3v) is 4.09. The zero-order valence-electron chi connectivity index (χ0n) is 12.9. The van der Waals surface area contributed by atoms with Gasteiger partial charge in [-0.1, -0.05) is 6.07 Å². The van der Waals surface area contributed by atoms with E-state index in [-0.39, 0.29) is 13.2 Å². The first kappa shape index (κ1) is 16.3. The van der Waals surface area contributed by atoms with E-state index in [9.17, 15) is 9.59 Å². The van der Waals surface area contributed by atoms with Gasteiger partial charge in [-0.3, -0.25) is 0 Å². The van der Waals surface area contributed by atoms with Crippen molar-refractivity contribution < 1.29 is 19.1 Å². The predicted octanol–water partition coefficient (Wildman–Crippen LogP) is 2.67. The van der Waals surface area contributed by atoms with Crippen molar-refractivity contribution in [3.8, 4) is 0 Å². The summed E-state index contributed by atoms with van der Waals surface area (Å²) < 4.78 is 10.3. The van der Waals surface area contributed by atoms with Gasteiger partial charge in [0.2, 0.25) is 0 Å². The van der Waals surface area contributed by atoms with Crippen LogP contribution in [0.5, 0.6) is 0 Å². The lowest BCUT2D eigenvalue weighted by atomic mass is 9.88. The minimum Gasteiger partial charge on any atom is -0.463 e. The Morgan fingerprint density at radius 3 is 2.09 bits per heavy atom. The van der Waals surface area contributed by atoms with Crippen molar-refractivity contribution >= 4 is 23.3 Å². The van der Waals surface area contributed by atoms with Gasteiger partial charge in [0.05, 0.1) is 30.3 Å². The predicted molar refractivity (Wildman–Crippen MR) is 84.3 cm³/mol. The van der Waals surface area contributed by atoms with Gasteiger partial charge in [0, 0.05) is 24.3 Å². The molecule has 118 valence electrons. The lowest BCUT2D eigenvalue weighted by molar-refractivity contribution is -0.139. The van der Waals surface area contributed by atoms with Gasteiger partial charge < -0.3 is 14.4 Å². The molecule has 1 aliphatic heterocycles. The smallest absolute Gasteiger partial charge is 0.336 e. The SMILES string of the molecule is CCOC(=O)C1=CN(C)C=C(C(=O)OCC)C1c1cccs1. The highest BCUT2D eigenvalue weighted by atomic mass is 32.1. The average Bonchev–Trinajstić information content (AvgIpc) is 3.00. The summed E-state index contributed by atoms with van der Waals surface area (Å²) in [4.78, 5) is 27.2. The van der Waals surface area contributed by atoms with Crippen molar-refractivity contribution in [2.24, 2.45) is 0 Å². The van der Waals surface area contributed by atoms with Gasteiger partial charge in [-0.2, -0.15) is 0 Å². The van der Waals surface area contributed by atoms with Crippen LogP contribution in [0.2, 0.25) is 0 Å². The van der Waals surface area contributed by atoms with Crippen LogP contribution < -0.4 is 0 Å². The zero-order chi connectivity index (χ0) is 16.1. The molecule has 0 aliphatic carbocycles. The number of rotatable bonds is 5. The van der Waals surface area contributed by atoms with E-state index in [1.165, 1.54) is 11.3 Å². The van der Waals surface area contributed by atoms with E-state index in [0.29, 0.717) is 11.1 Å². The molecule has 5 nitrogen and oxygen atoms in total. The standard InChI is InChI=1S/C16H19NO4S/c1-4-20-15(18)11-9-17(3)10-12(16(19)21-5-2)14(11)13-7-6-8-22-13/h6-10,14H,4-5H2,1-3H3. The second-order valence-corrected chi connectivity index (χ2v) is 5.70. The van der Waals surface area contributed by atoms with Gasteiger partial charge in [-0.25, -0.2) is 9.59 Å². The molecule has 0 saturated carbocycles. The number of thiophene rings is 1. The molecule has 1 aromatic rings. The molecule has 2 rings (SSSR count). The molecule has 2 heterocycles. The Balaban J connectivity index is 2.44. The van der Waals surface area contributed by atoms with Crippen LogP contribution in [0.25, 0.3) is 0 Å². The Hall–Kier alpha value is -2.08. The van der Waals surface area contributed by atoms with Gasteiger partial charge in [-0.15, -0.1) is 11.3 Å². The van der Waals surface area contributed by atoms with E-state index >= 15 is 0 Å². The molecule has 0 aromatic carbocycles. The number of carbonyl (C=O) groups is 2. The summed E-state index contributed by atoms with van der Waals surface area (Å²) in [5, 5.41) is 1.92. The van der Waals surface area contributed by atoms with E-state index in [1.807, 2.05) is 17.5 Å². The van der Waals surface area contributed by atoms with E-state index in [1.54, 1.807) is 38.2 Å². The molecule has 1 aliphatic rings. The lowest BCUT2D eigenvalue weighted by Crippen LogP contribution is -2.27. The van der Waals surface area contributed by atoms with E-state index < -0.39 is 17.9 Å². The fourth-order valence-corrected chi connectivity index (χ4v) is 3.19. The van der Waals surface area contributed by atoms with Crippen LogP contribution in [0.1, 0.15) is 24.6 Å². The number of esters is 2. The molecule has 0 N–H and O–H groups in total. The molecule has 0 fully saturated rings. The van der Waals surface area contributed by atoms with Gasteiger partial charge in [0.15, 0.2) is 0 Å². The first-order valence-corrected chi connectivity index (χ1v) is 7.99. The summed E-state index contributed by atoms with van der Waals surface area (Å²) >= 11 is 1.49. The monoisotopic (exact) mass is 321 g/mol. The van der Waals surface area contributed by atoms with Crippen LogP contribution in [-0.2, 0) is 19.1 Å². The quantitative estimate of drug-likeness (QED) is 0.781. The molecule has 0 spiro atoms. The molecule has 0 bridgehead atoms. The average molecular weight is 321 g/mol. The molecule has 0 saturated heterocycles. The normalized spacial score (nSPS) is 15.1. The number of hydrogen-bond donors (Lipinski definition) is 0. The maximum absolute atomic E-state index is 12.3. The third kappa shape index (κ3) is 3.39. The first-order valence-electron chi connectivity index (χ1n) is 7.11. The van der Waals surface area contributed by atoms with Crippen molar-refractivity contribution in [2.45, 2.75) is 19.8 Å². The van der Waals surface area contributed by atoms with Crippen molar-refractivity contribution in [3.05, 3.63) is 45.9 Å². The molecule has 0 amide bonds. The molecular weight excluding hydrogens is 302 g/mol. The zero-order valence-corrected chi connectivity index (χ0v) is 13.7. The molecule has 0 radical (unpaired) electrons. The summed E-state index contributed by atoms with van der Waals surface area (Å²) in [6.45, 7) is 4.09. The Morgan fingerprint density at radius 2 is 1.68 bits per heavy atom. The molecular formula is C16H19NO4S. The van der Waals surface area contributed by atoms with Gasteiger partial charge in [0.25, 0.3) is 0 Å². The summed E-state index contributed by atoms with van der Waals surface area (Å²) in [6, 6.07) is 3.80. The molecule has 22 heavy (non-hydrogen) atoms. The van der Waals surface area contributed by atoms with Crippen LogP contribution in [0.3, 0.4) is 0 Å². The Kier molecular flexibility index (Phi) is 5.38. The second kappa shape index (κ2) is 7.26. The van der Waals surface area contributed by atoms with Gasteiger partial charge in [0.1, 0.15) is 0 Å². The topological polar surface area (TPSA) is 55.8 Å². The molecule has 1 aromatic heterocycles. The van der Waals surface area contributed by atoms with E-state index in [0.717, 1.165) is 4.88 Å². The Labute approximate surface area is 133 Å². The number of hydrogen-bond acceptors (Lipinski definition) is 6. The third-order valence-electron chi connectivity index (χ3n) is 3.16. The Morgan fingerprint density at radius 1 is 1.14 bits per heavy atom. The molecule has 6 heteroatoms. The van der Waals surface area contributed by atoms with E-state index in [4.69, 9.17) is 9.47 Å². The first-order chi connectivity index (χ1) is 10.6. The summed E-state index contributed by atoms with van der Waals surface area (Å²) in [5.74, 6) is -1.28. The summed E-state index contributed by atoms with van der Waals surface area (Å²) in [5.41, 5.74) is 0.884. The van der Waals surface area contributed by atoms with Crippen molar-refractivity contribution in [1.29, 1.82) is 0 Å². The van der Waals surface area contributed by atoms with E-state index in [2.05, 4.69) is 0 Å². The minimum atomic E-state index is -0.450. The summed E-state index contributed by atoms with van der Waals surface area (Å²) in [7, 11) is 1.77. The van der Waals surface area contributed by atoms with Crippen molar-refractivity contribution in [1.82, 2.24) is 4.90 Å². The highest BCUT2D eigenvalue weighted by molar-refractivity contribution is 7.10. The maximum atomic E-state index is 12.3.